The van der Waals surface area contributed by atoms with Crippen LogP contribution in [0.15, 0.2) is 42.5 Å². The summed E-state index contributed by atoms with van der Waals surface area (Å²) < 4.78 is 32.8. The Labute approximate surface area is 212 Å². The zero-order valence-corrected chi connectivity index (χ0v) is 22.1. The number of carbonyl (C=O) groups excluding carboxylic acids is 1. The van der Waals surface area contributed by atoms with Crippen LogP contribution in [0.5, 0.6) is 5.75 Å². The number of nitrogens with zero attached hydrogens (tertiary/aromatic N) is 1. The molecule has 1 N–H and O–H groups in total. The highest BCUT2D eigenvalue weighted by Crippen LogP contribution is 2.28. The Morgan fingerprint density at radius 3 is 2.47 bits per heavy atom. The lowest BCUT2D eigenvalue weighted by Gasteiger charge is -2.32. The van der Waals surface area contributed by atoms with Crippen molar-refractivity contribution in [2.45, 2.75) is 44.9 Å². The number of nitrogens with one attached hydrogen (secondary N) is 1. The van der Waals surface area contributed by atoms with Gasteiger partial charge in [-0.3, -0.25) is 4.79 Å². The summed E-state index contributed by atoms with van der Waals surface area (Å²) in [6, 6.07) is 12.4. The highest BCUT2D eigenvalue weighted by atomic mass is 35.5. The molecule has 186 valence electrons. The number of halogens is 2. The molecule has 9 heteroatoms. The molecule has 0 aromatic heterocycles. The molecule has 0 unspecified atom stereocenters. The van der Waals surface area contributed by atoms with Crippen LogP contribution in [0.1, 0.15) is 50.3 Å². The smallest absolute Gasteiger partial charge is 0.224 e. The predicted octanol–water partition coefficient (Wildman–Crippen LogP) is 5.45. The second kappa shape index (κ2) is 11.8. The van der Waals surface area contributed by atoms with Crippen molar-refractivity contribution < 1.29 is 17.9 Å². The number of amides is 1. The van der Waals surface area contributed by atoms with E-state index in [1.165, 1.54) is 4.31 Å². The predicted molar refractivity (Wildman–Crippen MR) is 137 cm³/mol. The van der Waals surface area contributed by atoms with Gasteiger partial charge in [-0.2, -0.15) is 0 Å². The van der Waals surface area contributed by atoms with Gasteiger partial charge in [0.1, 0.15) is 5.75 Å². The van der Waals surface area contributed by atoms with Gasteiger partial charge in [0.25, 0.3) is 0 Å². The first kappa shape index (κ1) is 26.8. The minimum Gasteiger partial charge on any atom is -0.497 e. The van der Waals surface area contributed by atoms with E-state index in [-0.39, 0.29) is 24.2 Å². The fourth-order valence-electron chi connectivity index (χ4n) is 4.22. The first-order valence-electron chi connectivity index (χ1n) is 11.4. The molecule has 3 rings (SSSR count). The van der Waals surface area contributed by atoms with E-state index in [2.05, 4.69) is 19.2 Å². The largest absolute Gasteiger partial charge is 0.497 e. The van der Waals surface area contributed by atoms with Crippen LogP contribution in [0.2, 0.25) is 10.0 Å². The lowest BCUT2D eigenvalue weighted by Crippen LogP contribution is -2.46. The van der Waals surface area contributed by atoms with Crippen molar-refractivity contribution in [3.05, 3.63) is 63.6 Å². The Bertz CT molecular complexity index is 1090. The Morgan fingerprint density at radius 1 is 1.15 bits per heavy atom. The van der Waals surface area contributed by atoms with Gasteiger partial charge in [-0.15, -0.1) is 0 Å². The third-order valence-electron chi connectivity index (χ3n) is 6.02. The second-order valence-corrected chi connectivity index (χ2v) is 11.9. The maximum Gasteiger partial charge on any atom is 0.224 e. The SMILES string of the molecule is COc1ccc([C@H](CC(C)C)NC(=O)[C@@H]2CCCN(S(=O)(=O)Cc3ccc(Cl)c(Cl)c3)C2)cc1. The minimum absolute atomic E-state index is 0.115. The number of piperidine rings is 1. The van der Waals surface area contributed by atoms with Gasteiger partial charge < -0.3 is 10.1 Å². The van der Waals surface area contributed by atoms with Crippen LogP contribution in [-0.2, 0) is 20.6 Å². The molecule has 1 aliphatic heterocycles. The number of ether oxygens (including phenoxy) is 1. The summed E-state index contributed by atoms with van der Waals surface area (Å²) in [7, 11) is -1.98. The first-order chi connectivity index (χ1) is 16.1. The van der Waals surface area contributed by atoms with Crippen molar-refractivity contribution in [1.82, 2.24) is 9.62 Å². The van der Waals surface area contributed by atoms with Crippen LogP contribution < -0.4 is 10.1 Å². The summed E-state index contributed by atoms with van der Waals surface area (Å²) in [4.78, 5) is 13.2. The molecule has 0 bridgehead atoms. The number of benzene rings is 2. The van der Waals surface area contributed by atoms with E-state index in [1.54, 1.807) is 25.3 Å². The summed E-state index contributed by atoms with van der Waals surface area (Å²) in [5, 5.41) is 3.87. The van der Waals surface area contributed by atoms with E-state index in [0.29, 0.717) is 40.9 Å². The monoisotopic (exact) mass is 526 g/mol. The molecule has 1 amide bonds. The Balaban J connectivity index is 1.69. The van der Waals surface area contributed by atoms with E-state index in [9.17, 15) is 13.2 Å². The zero-order valence-electron chi connectivity index (χ0n) is 19.8. The van der Waals surface area contributed by atoms with Gasteiger partial charge in [0.15, 0.2) is 0 Å². The van der Waals surface area contributed by atoms with Gasteiger partial charge in [0, 0.05) is 13.1 Å². The van der Waals surface area contributed by atoms with Crippen LogP contribution in [0.25, 0.3) is 0 Å². The number of sulfonamides is 1. The van der Waals surface area contributed by atoms with E-state index >= 15 is 0 Å². The van der Waals surface area contributed by atoms with Crippen molar-refractivity contribution >= 4 is 39.1 Å². The number of carbonyl (C=O) groups is 1. The fourth-order valence-corrected chi connectivity index (χ4v) is 6.13. The molecule has 1 fully saturated rings. The molecule has 34 heavy (non-hydrogen) atoms. The maximum absolute atomic E-state index is 13.2. The highest BCUT2D eigenvalue weighted by Gasteiger charge is 2.33. The van der Waals surface area contributed by atoms with Crippen LogP contribution in [-0.4, -0.2) is 38.8 Å². The topological polar surface area (TPSA) is 75.7 Å². The summed E-state index contributed by atoms with van der Waals surface area (Å²) >= 11 is 12.0. The molecule has 2 aromatic rings. The number of hydrogen-bond acceptors (Lipinski definition) is 4. The first-order valence-corrected chi connectivity index (χ1v) is 13.8. The van der Waals surface area contributed by atoms with Crippen molar-refractivity contribution in [3.63, 3.8) is 0 Å². The quantitative estimate of drug-likeness (QED) is 0.471. The summed E-state index contributed by atoms with van der Waals surface area (Å²) in [5.74, 6) is 0.441. The standard InChI is InChI=1S/C25H32Cl2N2O4S/c1-17(2)13-24(19-7-9-21(33-3)10-8-19)28-25(30)20-5-4-12-29(15-20)34(31,32)16-18-6-11-22(26)23(27)14-18/h6-11,14,17,20,24H,4-5,12-13,15-16H2,1-3H3,(H,28,30)/t20-,24+/m1/s1. The van der Waals surface area contributed by atoms with Gasteiger partial charge in [0.2, 0.25) is 15.9 Å². The van der Waals surface area contributed by atoms with Gasteiger partial charge in [-0.25, -0.2) is 12.7 Å². The third-order valence-corrected chi connectivity index (χ3v) is 8.58. The molecule has 0 spiro atoms. The van der Waals surface area contributed by atoms with E-state index in [4.69, 9.17) is 27.9 Å². The lowest BCUT2D eigenvalue weighted by molar-refractivity contribution is -0.127. The third kappa shape index (κ3) is 7.11. The van der Waals surface area contributed by atoms with Gasteiger partial charge in [0.05, 0.1) is 34.9 Å². The minimum atomic E-state index is -3.60. The molecular formula is C25H32Cl2N2O4S. The van der Waals surface area contributed by atoms with Gasteiger partial charge >= 0.3 is 0 Å². The number of methoxy groups -OCH3 is 1. The molecule has 1 aliphatic rings. The Kier molecular flexibility index (Phi) is 9.27. The summed E-state index contributed by atoms with van der Waals surface area (Å²) in [6.07, 6.45) is 2.07. The van der Waals surface area contributed by atoms with Gasteiger partial charge in [-0.1, -0.05) is 55.2 Å². The molecule has 0 saturated carbocycles. The summed E-state index contributed by atoms with van der Waals surface area (Å²) in [5.41, 5.74) is 1.57. The van der Waals surface area contributed by atoms with E-state index in [1.807, 2.05) is 24.3 Å². The lowest BCUT2D eigenvalue weighted by atomic mass is 9.94. The van der Waals surface area contributed by atoms with Gasteiger partial charge in [-0.05, 0) is 60.6 Å². The van der Waals surface area contributed by atoms with E-state index < -0.39 is 15.9 Å². The Hall–Kier alpha value is -1.80. The highest BCUT2D eigenvalue weighted by molar-refractivity contribution is 7.88. The van der Waals surface area contributed by atoms with Crippen LogP contribution >= 0.6 is 23.2 Å². The van der Waals surface area contributed by atoms with Crippen molar-refractivity contribution in [2.75, 3.05) is 20.2 Å². The number of hydrogen-bond donors (Lipinski definition) is 1. The van der Waals surface area contributed by atoms with E-state index in [0.717, 1.165) is 17.7 Å². The molecule has 2 aromatic carbocycles. The second-order valence-electron chi connectivity index (χ2n) is 9.17. The molecule has 0 radical (unpaired) electrons. The average Bonchev–Trinajstić information content (AvgIpc) is 2.80. The fraction of sp³-hybridized carbons (Fsp3) is 0.480. The van der Waals surface area contributed by atoms with Crippen molar-refractivity contribution in [2.24, 2.45) is 11.8 Å². The molecule has 1 saturated heterocycles. The number of rotatable bonds is 9. The molecule has 1 heterocycles. The average molecular weight is 528 g/mol. The summed E-state index contributed by atoms with van der Waals surface area (Å²) in [6.45, 7) is 4.80. The molecular weight excluding hydrogens is 495 g/mol. The van der Waals surface area contributed by atoms with Crippen LogP contribution in [0, 0.1) is 11.8 Å². The van der Waals surface area contributed by atoms with Crippen molar-refractivity contribution in [1.29, 1.82) is 0 Å². The maximum atomic E-state index is 13.2. The molecule has 6 nitrogen and oxygen atoms in total. The molecule has 2 atom stereocenters. The molecule has 0 aliphatic carbocycles. The van der Waals surface area contributed by atoms with Crippen LogP contribution in [0.3, 0.4) is 0 Å². The normalized spacial score (nSPS) is 18.0. The zero-order chi connectivity index (χ0) is 24.9. The van der Waals surface area contributed by atoms with Crippen LogP contribution in [0.4, 0.5) is 0 Å². The van der Waals surface area contributed by atoms with Crippen molar-refractivity contribution in [3.8, 4) is 5.75 Å². The Morgan fingerprint density at radius 2 is 1.85 bits per heavy atom.